The largest absolute Gasteiger partial charge is 0.481 e. The normalized spacial score (nSPS) is 24.2. The van der Waals surface area contributed by atoms with Crippen molar-refractivity contribution in [1.29, 1.82) is 0 Å². The summed E-state index contributed by atoms with van der Waals surface area (Å²) in [7, 11) is 0. The molecule has 0 saturated carbocycles. The molecule has 0 radical (unpaired) electrons. The molecule has 17 heavy (non-hydrogen) atoms. The minimum absolute atomic E-state index is 0.104. The highest BCUT2D eigenvalue weighted by molar-refractivity contribution is 5.78. The summed E-state index contributed by atoms with van der Waals surface area (Å²) < 4.78 is 0. The van der Waals surface area contributed by atoms with Crippen LogP contribution in [0.3, 0.4) is 0 Å². The van der Waals surface area contributed by atoms with E-state index in [2.05, 4.69) is 0 Å². The predicted molar refractivity (Wildman–Crippen MR) is 63.6 cm³/mol. The molecule has 1 rings (SSSR count). The summed E-state index contributed by atoms with van der Waals surface area (Å²) in [5, 5.41) is 8.96. The Bertz CT molecular complexity index is 306. The zero-order valence-electron chi connectivity index (χ0n) is 10.6. The van der Waals surface area contributed by atoms with Gasteiger partial charge in [-0.2, -0.15) is 0 Å². The Kier molecular flexibility index (Phi) is 4.34. The van der Waals surface area contributed by atoms with Gasteiger partial charge in [0.25, 0.3) is 0 Å². The van der Waals surface area contributed by atoms with Gasteiger partial charge in [-0.1, -0.05) is 0 Å². The quantitative estimate of drug-likeness (QED) is 0.740. The van der Waals surface area contributed by atoms with Crippen LogP contribution in [0.2, 0.25) is 0 Å². The highest BCUT2D eigenvalue weighted by Gasteiger charge is 2.38. The lowest BCUT2D eigenvalue weighted by Gasteiger charge is -2.30. The summed E-state index contributed by atoms with van der Waals surface area (Å²) in [6.07, 6.45) is 0. The van der Waals surface area contributed by atoms with Gasteiger partial charge in [0.15, 0.2) is 0 Å². The first-order valence-corrected chi connectivity index (χ1v) is 5.92. The Morgan fingerprint density at radius 2 is 2.06 bits per heavy atom. The zero-order valence-corrected chi connectivity index (χ0v) is 10.6. The number of hydrogen-bond donors (Lipinski definition) is 2. The van der Waals surface area contributed by atoms with Gasteiger partial charge in [-0.25, -0.2) is 4.79 Å². The van der Waals surface area contributed by atoms with Crippen LogP contribution in [0.1, 0.15) is 20.8 Å². The van der Waals surface area contributed by atoms with E-state index in [4.69, 9.17) is 10.8 Å². The number of carbonyl (C=O) groups excluding carboxylic acids is 1. The summed E-state index contributed by atoms with van der Waals surface area (Å²) in [5.41, 5.74) is 5.73. The fourth-order valence-electron chi connectivity index (χ4n) is 2.15. The lowest BCUT2D eigenvalue weighted by atomic mass is 10.1. The van der Waals surface area contributed by atoms with Crippen LogP contribution in [0.25, 0.3) is 0 Å². The van der Waals surface area contributed by atoms with Crippen molar-refractivity contribution >= 4 is 12.0 Å². The van der Waals surface area contributed by atoms with Crippen molar-refractivity contribution < 1.29 is 14.7 Å². The molecule has 0 aromatic heterocycles. The first-order valence-electron chi connectivity index (χ1n) is 5.92. The van der Waals surface area contributed by atoms with Crippen LogP contribution in [0.5, 0.6) is 0 Å². The standard InChI is InChI=1S/C11H21N3O3/c1-4-14(7(2)3)11(17)13-5-8(10(15)16)9(12)6-13/h7-9H,4-6,12H2,1-3H3,(H,15,16). The fraction of sp³-hybridized carbons (Fsp3) is 0.818. The summed E-state index contributed by atoms with van der Waals surface area (Å²) >= 11 is 0. The van der Waals surface area contributed by atoms with Gasteiger partial charge in [-0.05, 0) is 20.8 Å². The molecule has 0 spiro atoms. The van der Waals surface area contributed by atoms with Crippen LogP contribution in [-0.4, -0.2) is 58.6 Å². The van der Waals surface area contributed by atoms with E-state index in [9.17, 15) is 9.59 Å². The summed E-state index contributed by atoms with van der Waals surface area (Å²) in [6, 6.07) is -0.489. The number of amides is 2. The second-order valence-corrected chi connectivity index (χ2v) is 4.68. The van der Waals surface area contributed by atoms with Gasteiger partial charge in [0.05, 0.1) is 5.92 Å². The number of carbonyl (C=O) groups is 2. The molecule has 0 bridgehead atoms. The Morgan fingerprint density at radius 1 is 1.47 bits per heavy atom. The Balaban J connectivity index is 2.70. The molecule has 0 aromatic carbocycles. The second-order valence-electron chi connectivity index (χ2n) is 4.68. The van der Waals surface area contributed by atoms with E-state index in [0.29, 0.717) is 13.1 Å². The van der Waals surface area contributed by atoms with E-state index in [1.54, 1.807) is 4.90 Å². The van der Waals surface area contributed by atoms with E-state index in [1.807, 2.05) is 20.8 Å². The number of nitrogens with zero attached hydrogens (tertiary/aromatic N) is 2. The zero-order chi connectivity index (χ0) is 13.2. The first-order chi connectivity index (χ1) is 7.88. The highest BCUT2D eigenvalue weighted by atomic mass is 16.4. The molecular weight excluding hydrogens is 222 g/mol. The summed E-state index contributed by atoms with van der Waals surface area (Å²) in [5.74, 6) is -1.58. The third kappa shape index (κ3) is 2.88. The Hall–Kier alpha value is -1.30. The van der Waals surface area contributed by atoms with Gasteiger partial charge in [0.1, 0.15) is 0 Å². The lowest BCUT2D eigenvalue weighted by Crippen LogP contribution is -2.46. The third-order valence-electron chi connectivity index (χ3n) is 3.16. The number of carboxylic acids is 1. The summed E-state index contributed by atoms with van der Waals surface area (Å²) in [4.78, 5) is 26.3. The molecular formula is C11H21N3O3. The van der Waals surface area contributed by atoms with Crippen LogP contribution in [0.4, 0.5) is 4.79 Å². The molecule has 1 saturated heterocycles. The molecule has 0 aliphatic carbocycles. The van der Waals surface area contributed by atoms with Gasteiger partial charge < -0.3 is 20.6 Å². The molecule has 6 nitrogen and oxygen atoms in total. The number of rotatable bonds is 3. The van der Waals surface area contributed by atoms with Crippen molar-refractivity contribution in [3.05, 3.63) is 0 Å². The molecule has 2 atom stereocenters. The van der Waals surface area contributed by atoms with Crippen molar-refractivity contribution in [3.8, 4) is 0 Å². The van der Waals surface area contributed by atoms with Crippen LogP contribution in [0, 0.1) is 5.92 Å². The Morgan fingerprint density at radius 3 is 2.41 bits per heavy atom. The predicted octanol–water partition coefficient (Wildman–Crippen LogP) is 0.180. The minimum atomic E-state index is -0.930. The van der Waals surface area contributed by atoms with Crippen LogP contribution in [-0.2, 0) is 4.79 Å². The van der Waals surface area contributed by atoms with Gasteiger partial charge in [-0.3, -0.25) is 4.79 Å². The molecule has 2 unspecified atom stereocenters. The van der Waals surface area contributed by atoms with E-state index in [0.717, 1.165) is 0 Å². The monoisotopic (exact) mass is 243 g/mol. The maximum absolute atomic E-state index is 12.1. The SMILES string of the molecule is CCN(C(=O)N1CC(N)C(C(=O)O)C1)C(C)C. The van der Waals surface area contributed by atoms with Crippen molar-refractivity contribution in [2.45, 2.75) is 32.9 Å². The molecule has 0 aromatic rings. The molecule has 1 fully saturated rings. The van der Waals surface area contributed by atoms with Crippen molar-refractivity contribution in [2.24, 2.45) is 11.7 Å². The average Bonchev–Trinajstić information content (AvgIpc) is 2.60. The second kappa shape index (κ2) is 5.35. The molecule has 1 aliphatic rings. The van der Waals surface area contributed by atoms with Crippen LogP contribution >= 0.6 is 0 Å². The number of hydrogen-bond acceptors (Lipinski definition) is 3. The minimum Gasteiger partial charge on any atom is -0.481 e. The number of carboxylic acid groups (broad SMARTS) is 1. The summed E-state index contributed by atoms with van der Waals surface area (Å²) in [6.45, 7) is 6.91. The highest BCUT2D eigenvalue weighted by Crippen LogP contribution is 2.18. The van der Waals surface area contributed by atoms with E-state index >= 15 is 0 Å². The molecule has 1 heterocycles. The van der Waals surface area contributed by atoms with E-state index in [-0.39, 0.29) is 18.6 Å². The van der Waals surface area contributed by atoms with Crippen LogP contribution in [0.15, 0.2) is 0 Å². The lowest BCUT2D eigenvalue weighted by molar-refractivity contribution is -0.141. The Labute approximate surface area is 101 Å². The van der Waals surface area contributed by atoms with Gasteiger partial charge in [0.2, 0.25) is 0 Å². The number of likely N-dealkylation sites (tertiary alicyclic amines) is 1. The molecule has 2 amide bonds. The van der Waals surface area contributed by atoms with Crippen molar-refractivity contribution in [3.63, 3.8) is 0 Å². The maximum Gasteiger partial charge on any atom is 0.320 e. The van der Waals surface area contributed by atoms with E-state index in [1.165, 1.54) is 4.90 Å². The average molecular weight is 243 g/mol. The fourth-order valence-corrected chi connectivity index (χ4v) is 2.15. The van der Waals surface area contributed by atoms with Gasteiger partial charge in [-0.15, -0.1) is 0 Å². The maximum atomic E-state index is 12.1. The van der Waals surface area contributed by atoms with Crippen molar-refractivity contribution in [1.82, 2.24) is 9.80 Å². The van der Waals surface area contributed by atoms with E-state index < -0.39 is 17.9 Å². The number of aliphatic carboxylic acids is 1. The molecule has 3 N–H and O–H groups in total. The third-order valence-corrected chi connectivity index (χ3v) is 3.16. The molecule has 6 heteroatoms. The first kappa shape index (κ1) is 13.8. The number of nitrogens with two attached hydrogens (primary N) is 1. The van der Waals surface area contributed by atoms with Gasteiger partial charge in [0, 0.05) is 31.7 Å². The van der Waals surface area contributed by atoms with Crippen molar-refractivity contribution in [2.75, 3.05) is 19.6 Å². The molecule has 1 aliphatic heterocycles. The topological polar surface area (TPSA) is 86.9 Å². The molecule has 98 valence electrons. The smallest absolute Gasteiger partial charge is 0.320 e. The number of urea groups is 1. The van der Waals surface area contributed by atoms with Crippen LogP contribution < -0.4 is 5.73 Å². The van der Waals surface area contributed by atoms with Gasteiger partial charge >= 0.3 is 12.0 Å².